The third-order valence-electron chi connectivity index (χ3n) is 3.45. The monoisotopic (exact) mass is 262 g/mol. The highest BCUT2D eigenvalue weighted by Gasteiger charge is 2.26. The van der Waals surface area contributed by atoms with Crippen molar-refractivity contribution in [3.05, 3.63) is 22.8 Å². The molecule has 0 spiro atoms. The van der Waals surface area contributed by atoms with Gasteiger partial charge in [0.1, 0.15) is 0 Å². The van der Waals surface area contributed by atoms with Gasteiger partial charge in [-0.05, 0) is 34.4 Å². The summed E-state index contributed by atoms with van der Waals surface area (Å²) in [5.74, 6) is 0. The number of hydrogen-bond acceptors (Lipinski definition) is 2. The van der Waals surface area contributed by atoms with E-state index in [1.54, 1.807) is 0 Å². The highest BCUT2D eigenvalue weighted by Crippen LogP contribution is 2.40. The molecule has 0 bridgehead atoms. The molecule has 1 amide bonds. The molecule has 0 saturated heterocycles. The first-order valence-electron chi connectivity index (χ1n) is 6.64. The molecule has 0 fully saturated rings. The van der Waals surface area contributed by atoms with Crippen molar-refractivity contribution in [3.8, 4) is 0 Å². The van der Waals surface area contributed by atoms with Gasteiger partial charge in [0.15, 0.2) is 0 Å². The van der Waals surface area contributed by atoms with Gasteiger partial charge in [0.25, 0.3) is 0 Å². The van der Waals surface area contributed by atoms with E-state index in [0.29, 0.717) is 6.41 Å². The number of nitrogens with two attached hydrogens (primary N) is 1. The number of carbonyl (C=O) groups excluding carboxylic acids is 1. The van der Waals surface area contributed by atoms with E-state index in [4.69, 9.17) is 5.73 Å². The minimum absolute atomic E-state index is 0.0193. The van der Waals surface area contributed by atoms with Crippen molar-refractivity contribution < 1.29 is 4.79 Å². The highest BCUT2D eigenvalue weighted by molar-refractivity contribution is 5.81. The van der Waals surface area contributed by atoms with Crippen molar-refractivity contribution in [2.45, 2.75) is 59.3 Å². The molecule has 0 aliphatic rings. The Morgan fingerprint density at radius 1 is 1.05 bits per heavy atom. The minimum Gasteiger partial charge on any atom is -0.398 e. The molecule has 0 aliphatic carbocycles. The van der Waals surface area contributed by atoms with Crippen molar-refractivity contribution >= 4 is 17.8 Å². The number of anilines is 2. The molecule has 106 valence electrons. The van der Waals surface area contributed by atoms with Crippen LogP contribution in [0.1, 0.15) is 58.2 Å². The van der Waals surface area contributed by atoms with Crippen LogP contribution in [0.25, 0.3) is 0 Å². The van der Waals surface area contributed by atoms with Crippen molar-refractivity contribution in [1.29, 1.82) is 0 Å². The Balaban J connectivity index is 3.69. The van der Waals surface area contributed by atoms with E-state index in [-0.39, 0.29) is 10.8 Å². The zero-order chi connectivity index (χ0) is 15.0. The Labute approximate surface area is 116 Å². The summed E-state index contributed by atoms with van der Waals surface area (Å²) in [4.78, 5) is 10.8. The van der Waals surface area contributed by atoms with E-state index < -0.39 is 0 Å². The molecule has 3 heteroatoms. The average Bonchev–Trinajstić information content (AvgIpc) is 2.21. The second-order valence-electron chi connectivity index (χ2n) is 7.15. The molecule has 0 aliphatic heterocycles. The summed E-state index contributed by atoms with van der Waals surface area (Å²) < 4.78 is 0. The standard InChI is InChI=1S/C16H26N2O/c1-10-13(17)11(15(2,3)4)8-12(16(5,6)7)14(10)18-9-19/h8-9H,17H2,1-7H3,(H,18,19). The smallest absolute Gasteiger partial charge is 0.211 e. The van der Waals surface area contributed by atoms with Gasteiger partial charge in [0, 0.05) is 11.4 Å². The molecule has 1 aromatic carbocycles. The maximum absolute atomic E-state index is 10.8. The van der Waals surface area contributed by atoms with Gasteiger partial charge in [-0.15, -0.1) is 0 Å². The molecule has 0 aromatic heterocycles. The number of benzene rings is 1. The number of nitrogens with one attached hydrogen (secondary N) is 1. The van der Waals surface area contributed by atoms with E-state index in [2.05, 4.69) is 52.9 Å². The molecule has 1 aromatic rings. The second-order valence-corrected chi connectivity index (χ2v) is 7.15. The molecule has 0 radical (unpaired) electrons. The van der Waals surface area contributed by atoms with Gasteiger partial charge in [-0.1, -0.05) is 47.6 Å². The van der Waals surface area contributed by atoms with Crippen LogP contribution in [0.3, 0.4) is 0 Å². The first kappa shape index (κ1) is 15.5. The zero-order valence-corrected chi connectivity index (χ0v) is 13.1. The van der Waals surface area contributed by atoms with Crippen LogP contribution < -0.4 is 11.1 Å². The summed E-state index contributed by atoms with van der Waals surface area (Å²) >= 11 is 0. The van der Waals surface area contributed by atoms with Crippen molar-refractivity contribution in [1.82, 2.24) is 0 Å². The van der Waals surface area contributed by atoms with Crippen LogP contribution in [0, 0.1) is 6.92 Å². The first-order chi connectivity index (χ1) is 8.50. The lowest BCUT2D eigenvalue weighted by Crippen LogP contribution is -2.21. The first-order valence-corrected chi connectivity index (χ1v) is 6.64. The van der Waals surface area contributed by atoms with Gasteiger partial charge >= 0.3 is 0 Å². The van der Waals surface area contributed by atoms with Crippen LogP contribution in [-0.4, -0.2) is 6.41 Å². The molecule has 1 rings (SSSR count). The number of nitrogen functional groups attached to an aromatic ring is 1. The Morgan fingerprint density at radius 2 is 1.53 bits per heavy atom. The van der Waals surface area contributed by atoms with Gasteiger partial charge < -0.3 is 11.1 Å². The lowest BCUT2D eigenvalue weighted by atomic mass is 9.77. The largest absolute Gasteiger partial charge is 0.398 e. The van der Waals surface area contributed by atoms with Gasteiger partial charge in [-0.3, -0.25) is 4.79 Å². The maximum atomic E-state index is 10.8. The molecule has 3 nitrogen and oxygen atoms in total. The summed E-state index contributed by atoms with van der Waals surface area (Å²) in [6.07, 6.45) is 0.716. The summed E-state index contributed by atoms with van der Waals surface area (Å²) in [7, 11) is 0. The Morgan fingerprint density at radius 3 is 1.89 bits per heavy atom. The number of hydrogen-bond donors (Lipinski definition) is 2. The average molecular weight is 262 g/mol. The summed E-state index contributed by atoms with van der Waals surface area (Å²) in [5, 5.41) is 2.81. The van der Waals surface area contributed by atoms with Crippen LogP contribution >= 0.6 is 0 Å². The van der Waals surface area contributed by atoms with Gasteiger partial charge in [-0.2, -0.15) is 0 Å². The van der Waals surface area contributed by atoms with Gasteiger partial charge in [-0.25, -0.2) is 0 Å². The quantitative estimate of drug-likeness (QED) is 0.630. The number of amides is 1. The normalized spacial score (nSPS) is 12.4. The predicted molar refractivity (Wildman–Crippen MR) is 82.7 cm³/mol. The summed E-state index contributed by atoms with van der Waals surface area (Å²) in [6, 6.07) is 2.13. The van der Waals surface area contributed by atoms with Gasteiger partial charge in [0.05, 0.1) is 0 Å². The van der Waals surface area contributed by atoms with Crippen LogP contribution in [0.2, 0.25) is 0 Å². The third-order valence-corrected chi connectivity index (χ3v) is 3.45. The Kier molecular flexibility index (Phi) is 3.99. The lowest BCUT2D eigenvalue weighted by molar-refractivity contribution is -0.105. The number of carbonyl (C=O) groups is 1. The SMILES string of the molecule is Cc1c(N)c(C(C)(C)C)cc(C(C)(C)C)c1NC=O. The van der Waals surface area contributed by atoms with Crippen LogP contribution in [0.5, 0.6) is 0 Å². The Bertz CT molecular complexity index is 491. The fourth-order valence-electron chi connectivity index (χ4n) is 2.29. The molecule has 0 heterocycles. The van der Waals surface area contributed by atoms with E-state index in [9.17, 15) is 4.79 Å². The molecule has 0 unspecified atom stereocenters. The molecule has 3 N–H and O–H groups in total. The van der Waals surface area contributed by atoms with Gasteiger partial charge in [0.2, 0.25) is 6.41 Å². The molecular weight excluding hydrogens is 236 g/mol. The zero-order valence-electron chi connectivity index (χ0n) is 13.1. The second kappa shape index (κ2) is 4.87. The summed E-state index contributed by atoms with van der Waals surface area (Å²) in [6.45, 7) is 14.8. The molecular formula is C16H26N2O. The molecule has 0 atom stereocenters. The summed E-state index contributed by atoms with van der Waals surface area (Å²) in [5.41, 5.74) is 11.0. The fraction of sp³-hybridized carbons (Fsp3) is 0.562. The van der Waals surface area contributed by atoms with E-state index in [1.165, 1.54) is 0 Å². The van der Waals surface area contributed by atoms with E-state index in [1.807, 2.05) is 6.92 Å². The van der Waals surface area contributed by atoms with Crippen LogP contribution in [0.15, 0.2) is 6.07 Å². The molecule has 19 heavy (non-hydrogen) atoms. The van der Waals surface area contributed by atoms with E-state index >= 15 is 0 Å². The number of rotatable bonds is 2. The topological polar surface area (TPSA) is 55.1 Å². The van der Waals surface area contributed by atoms with Crippen molar-refractivity contribution in [3.63, 3.8) is 0 Å². The Hall–Kier alpha value is -1.51. The minimum atomic E-state index is -0.0518. The van der Waals surface area contributed by atoms with E-state index in [0.717, 1.165) is 28.1 Å². The predicted octanol–water partition coefficient (Wildman–Crippen LogP) is 3.74. The lowest BCUT2D eigenvalue weighted by Gasteiger charge is -2.30. The third kappa shape index (κ3) is 3.09. The van der Waals surface area contributed by atoms with Crippen molar-refractivity contribution in [2.75, 3.05) is 11.1 Å². The molecule has 0 saturated carbocycles. The van der Waals surface area contributed by atoms with Crippen LogP contribution in [0.4, 0.5) is 11.4 Å². The maximum Gasteiger partial charge on any atom is 0.211 e. The fourth-order valence-corrected chi connectivity index (χ4v) is 2.29. The highest BCUT2D eigenvalue weighted by atomic mass is 16.1. The van der Waals surface area contributed by atoms with Crippen LogP contribution in [-0.2, 0) is 15.6 Å². The van der Waals surface area contributed by atoms with Crippen molar-refractivity contribution in [2.24, 2.45) is 0 Å².